The van der Waals surface area contributed by atoms with E-state index in [-0.39, 0.29) is 4.66 Å². The second kappa shape index (κ2) is 5.07. The van der Waals surface area contributed by atoms with Crippen LogP contribution in [0.1, 0.15) is 5.82 Å². The number of rotatable bonds is 4. The Hall–Kier alpha value is -1.41. The van der Waals surface area contributed by atoms with Crippen molar-refractivity contribution in [3.8, 4) is 11.4 Å². The number of anilines is 1. The summed E-state index contributed by atoms with van der Waals surface area (Å²) in [6.07, 6.45) is 0. The number of nitrogens with zero attached hydrogens (tertiary/aromatic N) is 2. The highest BCUT2D eigenvalue weighted by molar-refractivity contribution is 9.10. The third kappa shape index (κ3) is 3.08. The van der Waals surface area contributed by atoms with Crippen molar-refractivity contribution >= 4 is 31.6 Å². The molecule has 1 heterocycles. The number of aromatic amines is 1. The number of hydrogen-bond donors (Lipinski definition) is 2. The van der Waals surface area contributed by atoms with E-state index in [0.717, 1.165) is 5.56 Å². The van der Waals surface area contributed by atoms with Crippen LogP contribution >= 0.6 is 15.9 Å². The Morgan fingerprint density at radius 2 is 2.22 bits per heavy atom. The minimum Gasteiger partial charge on any atom is -0.283 e. The lowest BCUT2D eigenvalue weighted by Crippen LogP contribution is -2.13. The van der Waals surface area contributed by atoms with E-state index in [1.807, 2.05) is 6.07 Å². The first kappa shape index (κ1) is 13.0. The summed E-state index contributed by atoms with van der Waals surface area (Å²) < 4.78 is 25.1. The van der Waals surface area contributed by atoms with Crippen LogP contribution in [0.4, 0.5) is 5.69 Å². The van der Waals surface area contributed by atoms with Crippen molar-refractivity contribution in [3.63, 3.8) is 0 Å². The van der Waals surface area contributed by atoms with Gasteiger partial charge < -0.3 is 0 Å². The van der Waals surface area contributed by atoms with Crippen molar-refractivity contribution in [2.45, 2.75) is 6.92 Å². The average molecular weight is 331 g/mol. The largest absolute Gasteiger partial charge is 0.283 e. The smallest absolute Gasteiger partial charge is 0.242 e. The minimum atomic E-state index is -3.35. The van der Waals surface area contributed by atoms with Crippen molar-refractivity contribution in [3.05, 3.63) is 30.1 Å². The maximum atomic E-state index is 11.4. The fourth-order valence-corrected chi connectivity index (χ4v) is 2.28. The van der Waals surface area contributed by atoms with Crippen molar-refractivity contribution in [2.75, 3.05) is 9.38 Å². The molecule has 0 fully saturated rings. The van der Waals surface area contributed by atoms with Gasteiger partial charge in [0.15, 0.2) is 5.82 Å². The molecule has 6 nitrogen and oxygen atoms in total. The maximum absolute atomic E-state index is 11.4. The molecular weight excluding hydrogens is 320 g/mol. The average Bonchev–Trinajstić information content (AvgIpc) is 2.76. The van der Waals surface area contributed by atoms with Gasteiger partial charge in [0.2, 0.25) is 10.0 Å². The number of H-pyrrole nitrogens is 1. The van der Waals surface area contributed by atoms with E-state index in [4.69, 9.17) is 0 Å². The first-order chi connectivity index (χ1) is 8.50. The minimum absolute atomic E-state index is 0.149. The summed E-state index contributed by atoms with van der Waals surface area (Å²) in [6.45, 7) is 1.80. The van der Waals surface area contributed by atoms with Gasteiger partial charge in [0.05, 0.1) is 0 Å². The first-order valence-corrected chi connectivity index (χ1v) is 7.83. The van der Waals surface area contributed by atoms with Crippen LogP contribution in [-0.2, 0) is 10.0 Å². The van der Waals surface area contributed by atoms with E-state index in [2.05, 4.69) is 35.8 Å². The normalized spacial score (nSPS) is 11.4. The van der Waals surface area contributed by atoms with Crippen LogP contribution in [0.25, 0.3) is 11.4 Å². The van der Waals surface area contributed by atoms with Gasteiger partial charge in [-0.3, -0.25) is 9.82 Å². The summed E-state index contributed by atoms with van der Waals surface area (Å²) in [6, 6.07) is 6.91. The number of hydrogen-bond acceptors (Lipinski definition) is 4. The maximum Gasteiger partial charge on any atom is 0.242 e. The van der Waals surface area contributed by atoms with Crippen LogP contribution in [0.3, 0.4) is 0 Å². The van der Waals surface area contributed by atoms with E-state index in [9.17, 15) is 8.42 Å². The summed E-state index contributed by atoms with van der Waals surface area (Å²) in [5.41, 5.74) is 1.23. The zero-order valence-electron chi connectivity index (χ0n) is 9.51. The molecule has 0 aliphatic carbocycles. The van der Waals surface area contributed by atoms with Gasteiger partial charge in [-0.1, -0.05) is 28.1 Å². The summed E-state index contributed by atoms with van der Waals surface area (Å²) in [7, 11) is -3.35. The predicted octanol–water partition coefficient (Wildman–Crippen LogP) is 1.87. The van der Waals surface area contributed by atoms with Crippen LogP contribution in [0.15, 0.2) is 24.3 Å². The lowest BCUT2D eigenvalue weighted by Gasteiger charge is -2.05. The van der Waals surface area contributed by atoms with E-state index in [0.29, 0.717) is 17.3 Å². The molecule has 0 bridgehead atoms. The predicted molar refractivity (Wildman–Crippen MR) is 72.9 cm³/mol. The molecule has 2 N–H and O–H groups in total. The summed E-state index contributed by atoms with van der Waals surface area (Å²) >= 11 is 2.91. The summed E-state index contributed by atoms with van der Waals surface area (Å²) in [5, 5.41) is 6.76. The number of halogens is 1. The summed E-state index contributed by atoms with van der Waals surface area (Å²) in [4.78, 5) is 4.19. The van der Waals surface area contributed by atoms with Crippen molar-refractivity contribution in [1.82, 2.24) is 15.2 Å². The molecule has 18 heavy (non-hydrogen) atoms. The molecule has 0 saturated carbocycles. The van der Waals surface area contributed by atoms with E-state index < -0.39 is 10.0 Å². The molecule has 1 aromatic heterocycles. The molecule has 0 saturated heterocycles. The van der Waals surface area contributed by atoms with Crippen LogP contribution < -0.4 is 4.72 Å². The van der Waals surface area contributed by atoms with Gasteiger partial charge in [-0.05, 0) is 19.1 Å². The molecule has 96 valence electrons. The van der Waals surface area contributed by atoms with Crippen molar-refractivity contribution in [1.29, 1.82) is 0 Å². The van der Waals surface area contributed by atoms with Gasteiger partial charge in [0.1, 0.15) is 10.5 Å². The number of aryl methyl sites for hydroxylation is 1. The molecule has 1 aromatic carbocycles. The van der Waals surface area contributed by atoms with Crippen LogP contribution in [-0.4, -0.2) is 28.3 Å². The third-order valence-corrected chi connectivity index (χ3v) is 4.78. The highest BCUT2D eigenvalue weighted by atomic mass is 79.9. The number of nitrogens with one attached hydrogen (secondary N) is 2. The molecule has 0 aliphatic heterocycles. The van der Waals surface area contributed by atoms with Crippen LogP contribution in [0.5, 0.6) is 0 Å². The quantitative estimate of drug-likeness (QED) is 0.838. The Balaban J connectivity index is 2.31. The van der Waals surface area contributed by atoms with E-state index in [1.165, 1.54) is 0 Å². The molecule has 0 unspecified atom stereocenters. The van der Waals surface area contributed by atoms with Gasteiger partial charge in [-0.2, -0.15) is 5.10 Å². The first-order valence-electron chi connectivity index (χ1n) is 5.06. The third-order valence-electron chi connectivity index (χ3n) is 2.13. The Morgan fingerprint density at radius 1 is 1.44 bits per heavy atom. The van der Waals surface area contributed by atoms with E-state index >= 15 is 0 Å². The molecule has 0 aliphatic rings. The number of sulfonamides is 1. The Kier molecular flexibility index (Phi) is 3.67. The van der Waals surface area contributed by atoms with Gasteiger partial charge in [-0.25, -0.2) is 13.4 Å². The molecule has 2 rings (SSSR count). The second-order valence-electron chi connectivity index (χ2n) is 3.65. The van der Waals surface area contributed by atoms with Gasteiger partial charge in [-0.15, -0.1) is 0 Å². The SMILES string of the molecule is Cc1nc(-c2cccc(NS(=O)(=O)CBr)c2)n[nH]1. The van der Waals surface area contributed by atoms with Crippen LogP contribution in [0, 0.1) is 6.92 Å². The monoisotopic (exact) mass is 330 g/mol. The number of aromatic nitrogens is 3. The standard InChI is InChI=1S/C10H11BrN4O2S/c1-7-12-10(14-13-7)8-3-2-4-9(5-8)15-18(16,17)6-11/h2-5,15H,6H2,1H3,(H,12,13,14). The second-order valence-corrected chi connectivity index (χ2v) is 6.68. The Morgan fingerprint density at radius 3 is 2.83 bits per heavy atom. The summed E-state index contributed by atoms with van der Waals surface area (Å²) in [5.74, 6) is 1.24. The van der Waals surface area contributed by atoms with Gasteiger partial charge in [0, 0.05) is 11.3 Å². The Bertz CT molecular complexity index is 653. The lowest BCUT2D eigenvalue weighted by molar-refractivity contribution is 0.606. The molecule has 0 spiro atoms. The van der Waals surface area contributed by atoms with Crippen molar-refractivity contribution in [2.24, 2.45) is 0 Å². The Labute approximate surface area is 113 Å². The lowest BCUT2D eigenvalue weighted by atomic mass is 10.2. The highest BCUT2D eigenvalue weighted by Crippen LogP contribution is 2.20. The van der Waals surface area contributed by atoms with Crippen LogP contribution in [0.2, 0.25) is 0 Å². The highest BCUT2D eigenvalue weighted by Gasteiger charge is 2.09. The zero-order valence-corrected chi connectivity index (χ0v) is 11.9. The fourth-order valence-electron chi connectivity index (χ4n) is 1.40. The topological polar surface area (TPSA) is 87.7 Å². The van der Waals surface area contributed by atoms with Gasteiger partial charge in [0.25, 0.3) is 0 Å². The molecule has 0 radical (unpaired) electrons. The van der Waals surface area contributed by atoms with Gasteiger partial charge >= 0.3 is 0 Å². The van der Waals surface area contributed by atoms with E-state index in [1.54, 1.807) is 25.1 Å². The molecule has 8 heteroatoms. The molecule has 0 amide bonds. The number of benzene rings is 1. The molecule has 2 aromatic rings. The van der Waals surface area contributed by atoms with Crippen molar-refractivity contribution < 1.29 is 8.42 Å². The number of alkyl halides is 1. The molecular formula is C10H11BrN4O2S. The zero-order chi connectivity index (χ0) is 13.2. The fraction of sp³-hybridized carbons (Fsp3) is 0.200. The molecule has 0 atom stereocenters.